The van der Waals surface area contributed by atoms with Crippen LogP contribution < -0.4 is 15.8 Å². The van der Waals surface area contributed by atoms with Gasteiger partial charge in [0.2, 0.25) is 0 Å². The van der Waals surface area contributed by atoms with Crippen LogP contribution in [0.1, 0.15) is 41.3 Å². The molecule has 0 radical (unpaired) electrons. The number of nitrogens with two attached hydrogens (primary N) is 1. The van der Waals surface area contributed by atoms with Crippen molar-refractivity contribution in [2.24, 2.45) is 0 Å². The van der Waals surface area contributed by atoms with Gasteiger partial charge in [0, 0.05) is 6.07 Å². The first kappa shape index (κ1) is 19.2. The van der Waals surface area contributed by atoms with Crippen molar-refractivity contribution in [1.29, 1.82) is 0 Å². The first-order valence-electron chi connectivity index (χ1n) is 8.35. The molecule has 0 saturated heterocycles. The molecule has 1 amide bonds. The number of rotatable bonds is 7. The van der Waals surface area contributed by atoms with Crippen molar-refractivity contribution in [3.8, 4) is 5.75 Å². The summed E-state index contributed by atoms with van der Waals surface area (Å²) in [7, 11) is 0. The van der Waals surface area contributed by atoms with E-state index in [2.05, 4.69) is 19.2 Å². The van der Waals surface area contributed by atoms with Gasteiger partial charge in [0.15, 0.2) is 0 Å². The minimum absolute atomic E-state index is 0.0954. The van der Waals surface area contributed by atoms with E-state index >= 15 is 0 Å². The number of nitro groups is 1. The maximum Gasteiger partial charge on any atom is 0.293 e. The Labute approximate surface area is 152 Å². The van der Waals surface area contributed by atoms with Crippen LogP contribution in [0.25, 0.3) is 0 Å². The minimum Gasteiger partial charge on any atom is -0.492 e. The number of nitrogen functional groups attached to an aromatic ring is 1. The Morgan fingerprint density at radius 3 is 2.50 bits per heavy atom. The van der Waals surface area contributed by atoms with Crippen molar-refractivity contribution in [2.75, 3.05) is 18.9 Å². The molecule has 0 saturated carbocycles. The van der Waals surface area contributed by atoms with Gasteiger partial charge in [-0.1, -0.05) is 26.0 Å². The molecule has 0 aliphatic carbocycles. The number of nitrogens with zero attached hydrogens (tertiary/aromatic N) is 1. The number of hydrogen-bond donors (Lipinski definition) is 2. The van der Waals surface area contributed by atoms with E-state index in [9.17, 15) is 14.9 Å². The van der Waals surface area contributed by atoms with Gasteiger partial charge in [-0.25, -0.2) is 0 Å². The number of hydrogen-bond acceptors (Lipinski definition) is 5. The Balaban J connectivity index is 1.92. The van der Waals surface area contributed by atoms with Crippen LogP contribution in [0.5, 0.6) is 5.75 Å². The fraction of sp³-hybridized carbons (Fsp3) is 0.316. The van der Waals surface area contributed by atoms with Gasteiger partial charge in [-0.2, -0.15) is 0 Å². The zero-order chi connectivity index (χ0) is 19.3. The lowest BCUT2D eigenvalue weighted by Gasteiger charge is -2.11. The second-order valence-electron chi connectivity index (χ2n) is 6.33. The topological polar surface area (TPSA) is 107 Å². The van der Waals surface area contributed by atoms with E-state index < -0.39 is 10.8 Å². The summed E-state index contributed by atoms with van der Waals surface area (Å²) in [5.74, 6) is 0.703. The molecule has 138 valence electrons. The number of benzene rings is 2. The smallest absolute Gasteiger partial charge is 0.293 e. The lowest BCUT2D eigenvalue weighted by molar-refractivity contribution is -0.384. The van der Waals surface area contributed by atoms with Crippen LogP contribution in [0.4, 0.5) is 11.4 Å². The Morgan fingerprint density at radius 2 is 1.92 bits per heavy atom. The van der Waals surface area contributed by atoms with E-state index in [1.165, 1.54) is 17.7 Å². The van der Waals surface area contributed by atoms with E-state index in [4.69, 9.17) is 10.5 Å². The average molecular weight is 357 g/mol. The largest absolute Gasteiger partial charge is 0.492 e. The van der Waals surface area contributed by atoms with Gasteiger partial charge in [-0.3, -0.25) is 14.9 Å². The highest BCUT2D eigenvalue weighted by molar-refractivity contribution is 6.01. The molecule has 2 rings (SSSR count). The van der Waals surface area contributed by atoms with Crippen molar-refractivity contribution in [3.63, 3.8) is 0 Å². The first-order chi connectivity index (χ1) is 12.3. The standard InChI is InChI=1S/C19H23N3O4/c1-12(2)14-4-6-15(7-5-14)26-9-8-21-19(23)16-10-13(3)11-17(18(16)20)22(24)25/h4-7,10-12H,8-9,20H2,1-3H3,(H,21,23). The van der Waals surface area contributed by atoms with Gasteiger partial charge in [-0.05, 0) is 42.2 Å². The molecule has 2 aromatic rings. The molecule has 0 unspecified atom stereocenters. The van der Waals surface area contributed by atoms with E-state index in [0.29, 0.717) is 17.2 Å². The summed E-state index contributed by atoms with van der Waals surface area (Å²) in [5.41, 5.74) is 7.27. The molecule has 0 fully saturated rings. The summed E-state index contributed by atoms with van der Waals surface area (Å²) >= 11 is 0. The lowest BCUT2D eigenvalue weighted by atomic mass is 10.0. The number of carbonyl (C=O) groups excluding carboxylic acids is 1. The molecule has 0 spiro atoms. The summed E-state index contributed by atoms with van der Waals surface area (Å²) in [4.78, 5) is 22.7. The number of amides is 1. The fourth-order valence-corrected chi connectivity index (χ4v) is 2.50. The summed E-state index contributed by atoms with van der Waals surface area (Å²) in [5, 5.41) is 13.7. The van der Waals surface area contributed by atoms with Gasteiger partial charge in [-0.15, -0.1) is 0 Å². The van der Waals surface area contributed by atoms with Gasteiger partial charge in [0.1, 0.15) is 18.0 Å². The molecule has 2 aromatic carbocycles. The Morgan fingerprint density at radius 1 is 1.27 bits per heavy atom. The van der Waals surface area contributed by atoms with Crippen LogP contribution in [0, 0.1) is 17.0 Å². The molecule has 0 aromatic heterocycles. The molecule has 0 aliphatic rings. The summed E-state index contributed by atoms with van der Waals surface area (Å²) in [6.07, 6.45) is 0. The minimum atomic E-state index is -0.594. The lowest BCUT2D eigenvalue weighted by Crippen LogP contribution is -2.29. The maximum atomic E-state index is 12.3. The predicted molar refractivity (Wildman–Crippen MR) is 101 cm³/mol. The fourth-order valence-electron chi connectivity index (χ4n) is 2.50. The van der Waals surface area contributed by atoms with Crippen molar-refractivity contribution in [2.45, 2.75) is 26.7 Å². The number of nitro benzene ring substituents is 1. The van der Waals surface area contributed by atoms with E-state index in [1.54, 1.807) is 6.92 Å². The second-order valence-corrected chi connectivity index (χ2v) is 6.33. The molecule has 26 heavy (non-hydrogen) atoms. The van der Waals surface area contributed by atoms with E-state index in [-0.39, 0.29) is 30.1 Å². The van der Waals surface area contributed by atoms with Crippen LogP contribution in [-0.2, 0) is 0 Å². The molecule has 7 heteroatoms. The second kappa shape index (κ2) is 8.33. The zero-order valence-electron chi connectivity index (χ0n) is 15.1. The Hall–Kier alpha value is -3.09. The molecule has 0 atom stereocenters. The molecule has 0 heterocycles. The van der Waals surface area contributed by atoms with E-state index in [0.717, 1.165) is 0 Å². The van der Waals surface area contributed by atoms with Gasteiger partial charge >= 0.3 is 0 Å². The molecule has 0 bridgehead atoms. The number of anilines is 1. The summed E-state index contributed by atoms with van der Waals surface area (Å²) in [6.45, 7) is 6.44. The highest BCUT2D eigenvalue weighted by atomic mass is 16.6. The summed E-state index contributed by atoms with van der Waals surface area (Å²) < 4.78 is 5.59. The van der Waals surface area contributed by atoms with Crippen LogP contribution in [0.2, 0.25) is 0 Å². The normalized spacial score (nSPS) is 10.6. The number of aryl methyl sites for hydroxylation is 1. The van der Waals surface area contributed by atoms with Crippen molar-refractivity contribution in [3.05, 3.63) is 63.2 Å². The number of carbonyl (C=O) groups is 1. The predicted octanol–water partition coefficient (Wildman–Crippen LogP) is 3.42. The molecular weight excluding hydrogens is 334 g/mol. The quantitative estimate of drug-likeness (QED) is 0.342. The van der Waals surface area contributed by atoms with E-state index in [1.807, 2.05) is 24.3 Å². The van der Waals surface area contributed by atoms with Crippen LogP contribution >= 0.6 is 0 Å². The molecule has 3 N–H and O–H groups in total. The maximum absolute atomic E-state index is 12.3. The highest BCUT2D eigenvalue weighted by Gasteiger charge is 2.20. The van der Waals surface area contributed by atoms with Crippen molar-refractivity contribution >= 4 is 17.3 Å². The van der Waals surface area contributed by atoms with Crippen LogP contribution in [0.15, 0.2) is 36.4 Å². The molecule has 7 nitrogen and oxygen atoms in total. The third kappa shape index (κ3) is 4.72. The Bertz CT molecular complexity index is 801. The third-order valence-corrected chi connectivity index (χ3v) is 3.95. The Kier molecular flexibility index (Phi) is 6.16. The SMILES string of the molecule is Cc1cc(C(=O)NCCOc2ccc(C(C)C)cc2)c(N)c([N+](=O)[O-])c1. The van der Waals surface area contributed by atoms with Gasteiger partial charge in [0.05, 0.1) is 17.0 Å². The third-order valence-electron chi connectivity index (χ3n) is 3.95. The van der Waals surface area contributed by atoms with Crippen molar-refractivity contribution < 1.29 is 14.5 Å². The zero-order valence-corrected chi connectivity index (χ0v) is 15.1. The molecular formula is C19H23N3O4. The average Bonchev–Trinajstić information content (AvgIpc) is 2.60. The first-order valence-corrected chi connectivity index (χ1v) is 8.35. The van der Waals surface area contributed by atoms with Crippen LogP contribution in [0.3, 0.4) is 0 Å². The highest BCUT2D eigenvalue weighted by Crippen LogP contribution is 2.27. The molecule has 0 aliphatic heterocycles. The van der Waals surface area contributed by atoms with Crippen molar-refractivity contribution in [1.82, 2.24) is 5.32 Å². The monoisotopic (exact) mass is 357 g/mol. The summed E-state index contributed by atoms with van der Waals surface area (Å²) in [6, 6.07) is 10.7. The van der Waals surface area contributed by atoms with Gasteiger partial charge < -0.3 is 15.8 Å². The van der Waals surface area contributed by atoms with Crippen LogP contribution in [-0.4, -0.2) is 24.0 Å². The number of ether oxygens (including phenoxy) is 1. The number of nitrogens with one attached hydrogen (secondary N) is 1. The van der Waals surface area contributed by atoms with Gasteiger partial charge in [0.25, 0.3) is 11.6 Å².